The SMILES string of the molecule is CCCc1nc(N2CCc3ccccc3CC2)c(C#N)c(=O)[nH]1. The van der Waals surface area contributed by atoms with E-state index in [0.29, 0.717) is 18.1 Å². The van der Waals surface area contributed by atoms with E-state index in [-0.39, 0.29) is 11.1 Å². The number of fused-ring (bicyclic) bond motifs is 1. The smallest absolute Gasteiger partial charge is 0.271 e. The maximum atomic E-state index is 12.2. The second-order valence-corrected chi connectivity index (χ2v) is 5.83. The summed E-state index contributed by atoms with van der Waals surface area (Å²) >= 11 is 0. The number of benzene rings is 1. The number of nitriles is 1. The Labute approximate surface area is 135 Å². The molecular formula is C18H20N4O. The Morgan fingerprint density at radius 1 is 1.26 bits per heavy atom. The van der Waals surface area contributed by atoms with Crippen LogP contribution >= 0.6 is 0 Å². The molecule has 0 amide bonds. The van der Waals surface area contributed by atoms with E-state index in [4.69, 9.17) is 0 Å². The Morgan fingerprint density at radius 3 is 2.48 bits per heavy atom. The molecule has 0 spiro atoms. The lowest BCUT2D eigenvalue weighted by Gasteiger charge is -2.22. The fraction of sp³-hybridized carbons (Fsp3) is 0.389. The molecule has 2 heterocycles. The maximum absolute atomic E-state index is 12.2. The highest BCUT2D eigenvalue weighted by Gasteiger charge is 2.20. The molecule has 0 fully saturated rings. The number of aromatic amines is 1. The van der Waals surface area contributed by atoms with Crippen molar-refractivity contribution in [2.45, 2.75) is 32.6 Å². The average Bonchev–Trinajstić information content (AvgIpc) is 2.77. The zero-order valence-corrected chi connectivity index (χ0v) is 13.3. The molecule has 0 atom stereocenters. The number of nitrogens with zero attached hydrogens (tertiary/aromatic N) is 3. The van der Waals surface area contributed by atoms with Crippen LogP contribution in [0.3, 0.4) is 0 Å². The molecule has 1 aliphatic heterocycles. The summed E-state index contributed by atoms with van der Waals surface area (Å²) in [6, 6.07) is 10.4. The second-order valence-electron chi connectivity index (χ2n) is 5.83. The van der Waals surface area contributed by atoms with E-state index in [1.807, 2.05) is 13.0 Å². The molecule has 0 saturated heterocycles. The van der Waals surface area contributed by atoms with Gasteiger partial charge in [-0.2, -0.15) is 5.26 Å². The van der Waals surface area contributed by atoms with E-state index in [0.717, 1.165) is 32.4 Å². The van der Waals surface area contributed by atoms with Crippen molar-refractivity contribution in [3.05, 3.63) is 57.1 Å². The van der Waals surface area contributed by atoms with E-state index < -0.39 is 0 Å². The summed E-state index contributed by atoms with van der Waals surface area (Å²) in [5.74, 6) is 1.20. The average molecular weight is 308 g/mol. The van der Waals surface area contributed by atoms with Gasteiger partial charge in [-0.05, 0) is 30.4 Å². The standard InChI is InChI=1S/C18H20N4O/c1-2-5-16-20-17(15(12-19)18(23)21-16)22-10-8-13-6-3-4-7-14(13)9-11-22/h3-4,6-7H,2,5,8-11H2,1H3,(H,20,21,23). The highest BCUT2D eigenvalue weighted by Crippen LogP contribution is 2.21. The van der Waals surface area contributed by atoms with Crippen LogP contribution < -0.4 is 10.5 Å². The van der Waals surface area contributed by atoms with Gasteiger partial charge in [-0.1, -0.05) is 31.2 Å². The molecule has 3 rings (SSSR count). The van der Waals surface area contributed by atoms with Gasteiger partial charge in [0.05, 0.1) is 0 Å². The lowest BCUT2D eigenvalue weighted by atomic mass is 10.0. The predicted molar refractivity (Wildman–Crippen MR) is 89.6 cm³/mol. The summed E-state index contributed by atoms with van der Waals surface area (Å²) in [5, 5.41) is 9.36. The molecule has 1 aromatic heterocycles. The minimum absolute atomic E-state index is 0.121. The lowest BCUT2D eigenvalue weighted by Crippen LogP contribution is -2.31. The van der Waals surface area contributed by atoms with Gasteiger partial charge in [-0.25, -0.2) is 4.98 Å². The van der Waals surface area contributed by atoms with Crippen LogP contribution in [-0.2, 0) is 19.3 Å². The fourth-order valence-electron chi connectivity index (χ4n) is 3.07. The summed E-state index contributed by atoms with van der Waals surface area (Å²) in [6.07, 6.45) is 3.42. The number of aromatic nitrogens is 2. The van der Waals surface area contributed by atoms with Crippen molar-refractivity contribution in [2.24, 2.45) is 0 Å². The molecule has 23 heavy (non-hydrogen) atoms. The predicted octanol–water partition coefficient (Wildman–Crippen LogP) is 2.20. The van der Waals surface area contributed by atoms with Gasteiger partial charge in [0.1, 0.15) is 11.9 Å². The number of hydrogen-bond acceptors (Lipinski definition) is 4. The largest absolute Gasteiger partial charge is 0.355 e. The van der Waals surface area contributed by atoms with E-state index in [1.54, 1.807) is 0 Å². The van der Waals surface area contributed by atoms with Crippen LogP contribution in [0.4, 0.5) is 5.82 Å². The highest BCUT2D eigenvalue weighted by molar-refractivity contribution is 5.53. The summed E-state index contributed by atoms with van der Waals surface area (Å²) in [7, 11) is 0. The number of H-pyrrole nitrogens is 1. The summed E-state index contributed by atoms with van der Waals surface area (Å²) in [4.78, 5) is 21.5. The summed E-state index contributed by atoms with van der Waals surface area (Å²) in [5.41, 5.74) is 2.47. The van der Waals surface area contributed by atoms with Crippen LogP contribution in [0, 0.1) is 11.3 Å². The van der Waals surface area contributed by atoms with Crippen LogP contribution in [0.25, 0.3) is 0 Å². The Balaban J connectivity index is 1.96. The van der Waals surface area contributed by atoms with Crippen LogP contribution in [-0.4, -0.2) is 23.1 Å². The molecule has 5 heteroatoms. The van der Waals surface area contributed by atoms with Crippen LogP contribution in [0.2, 0.25) is 0 Å². The van der Waals surface area contributed by atoms with Crippen LogP contribution in [0.15, 0.2) is 29.1 Å². The van der Waals surface area contributed by atoms with E-state index in [1.165, 1.54) is 11.1 Å². The monoisotopic (exact) mass is 308 g/mol. The van der Waals surface area contributed by atoms with Gasteiger partial charge in [-0.3, -0.25) is 4.79 Å². The second kappa shape index (κ2) is 6.66. The summed E-state index contributed by atoms with van der Waals surface area (Å²) < 4.78 is 0. The molecule has 0 bridgehead atoms. The Bertz CT molecular complexity index is 776. The van der Waals surface area contributed by atoms with Gasteiger partial charge in [0, 0.05) is 19.5 Å². The first-order valence-electron chi connectivity index (χ1n) is 8.08. The molecular weight excluding hydrogens is 288 g/mol. The third-order valence-corrected chi connectivity index (χ3v) is 4.27. The highest BCUT2D eigenvalue weighted by atomic mass is 16.1. The van der Waals surface area contributed by atoms with Crippen LogP contribution in [0.1, 0.15) is 35.9 Å². The number of anilines is 1. The molecule has 2 aromatic rings. The molecule has 1 aliphatic rings. The van der Waals surface area contributed by atoms with Gasteiger partial charge in [0.2, 0.25) is 0 Å². The van der Waals surface area contributed by atoms with E-state index >= 15 is 0 Å². The van der Waals surface area contributed by atoms with Crippen molar-refractivity contribution in [3.63, 3.8) is 0 Å². The fourth-order valence-corrected chi connectivity index (χ4v) is 3.07. The third-order valence-electron chi connectivity index (χ3n) is 4.27. The van der Waals surface area contributed by atoms with Crippen LogP contribution in [0.5, 0.6) is 0 Å². The van der Waals surface area contributed by atoms with Gasteiger partial charge in [0.25, 0.3) is 5.56 Å². The Kier molecular flexibility index (Phi) is 4.42. The molecule has 0 aliphatic carbocycles. The molecule has 1 aromatic carbocycles. The zero-order chi connectivity index (χ0) is 16.2. The third kappa shape index (κ3) is 3.11. The molecule has 0 saturated carbocycles. The van der Waals surface area contributed by atoms with Gasteiger partial charge in [0.15, 0.2) is 11.4 Å². The molecule has 0 unspecified atom stereocenters. The Hall–Kier alpha value is -2.61. The van der Waals surface area contributed by atoms with Gasteiger partial charge < -0.3 is 9.88 Å². The first kappa shape index (κ1) is 15.3. The number of nitrogens with one attached hydrogen (secondary N) is 1. The maximum Gasteiger partial charge on any atom is 0.271 e. The van der Waals surface area contributed by atoms with Gasteiger partial charge >= 0.3 is 0 Å². The molecule has 1 N–H and O–H groups in total. The normalized spacial score (nSPS) is 14.0. The van der Waals surface area contributed by atoms with Crippen molar-refractivity contribution in [1.29, 1.82) is 5.26 Å². The quantitative estimate of drug-likeness (QED) is 0.943. The van der Waals surface area contributed by atoms with Crippen molar-refractivity contribution >= 4 is 5.82 Å². The first-order chi connectivity index (χ1) is 11.2. The Morgan fingerprint density at radius 2 is 1.91 bits per heavy atom. The lowest BCUT2D eigenvalue weighted by molar-refractivity contribution is 0.760. The van der Waals surface area contributed by atoms with Crippen molar-refractivity contribution < 1.29 is 0 Å². The van der Waals surface area contributed by atoms with E-state index in [2.05, 4.69) is 39.1 Å². The first-order valence-corrected chi connectivity index (χ1v) is 8.08. The van der Waals surface area contributed by atoms with Gasteiger partial charge in [-0.15, -0.1) is 0 Å². The number of rotatable bonds is 3. The molecule has 0 radical (unpaired) electrons. The summed E-state index contributed by atoms with van der Waals surface area (Å²) in [6.45, 7) is 3.59. The van der Waals surface area contributed by atoms with Crippen molar-refractivity contribution in [3.8, 4) is 6.07 Å². The van der Waals surface area contributed by atoms with E-state index in [9.17, 15) is 10.1 Å². The van der Waals surface area contributed by atoms with Crippen molar-refractivity contribution in [1.82, 2.24) is 9.97 Å². The molecule has 118 valence electrons. The number of aryl methyl sites for hydroxylation is 1. The zero-order valence-electron chi connectivity index (χ0n) is 13.3. The minimum Gasteiger partial charge on any atom is -0.355 e. The topological polar surface area (TPSA) is 72.8 Å². The number of hydrogen-bond donors (Lipinski definition) is 1. The molecule has 5 nitrogen and oxygen atoms in total. The van der Waals surface area contributed by atoms with Crippen molar-refractivity contribution in [2.75, 3.05) is 18.0 Å². The minimum atomic E-state index is -0.331.